The predicted molar refractivity (Wildman–Crippen MR) is 70.4 cm³/mol. The zero-order valence-corrected chi connectivity index (χ0v) is 11.2. The molecule has 1 unspecified atom stereocenters. The molecular weight excluding hydrogens is 260 g/mol. The number of hydrogen-bond acceptors (Lipinski definition) is 4. The molecule has 1 aromatic rings. The maximum Gasteiger partial charge on any atom is 0.168 e. The van der Waals surface area contributed by atoms with Crippen LogP contribution in [0.25, 0.3) is 0 Å². The van der Waals surface area contributed by atoms with Gasteiger partial charge in [-0.05, 0) is 6.92 Å². The van der Waals surface area contributed by atoms with Gasteiger partial charge in [0.25, 0.3) is 0 Å². The van der Waals surface area contributed by atoms with Crippen molar-refractivity contribution in [2.75, 3.05) is 35.2 Å². The summed E-state index contributed by atoms with van der Waals surface area (Å²) in [4.78, 5) is 3.81. The molecule has 0 amide bonds. The van der Waals surface area contributed by atoms with Crippen LogP contribution in [0.15, 0.2) is 6.07 Å². The van der Waals surface area contributed by atoms with E-state index in [4.69, 9.17) is 0 Å². The van der Waals surface area contributed by atoms with Crippen molar-refractivity contribution in [2.24, 2.45) is 0 Å². The van der Waals surface area contributed by atoms with E-state index in [9.17, 15) is 13.0 Å². The molecule has 1 aromatic heterocycles. The summed E-state index contributed by atoms with van der Waals surface area (Å²) >= 11 is 0. The third-order valence-corrected chi connectivity index (χ3v) is 3.52. The summed E-state index contributed by atoms with van der Waals surface area (Å²) in [6.07, 6.45) is 0. The van der Waals surface area contributed by atoms with Gasteiger partial charge in [-0.1, -0.05) is 6.92 Å². The molecule has 18 heavy (non-hydrogen) atoms. The Kier molecular flexibility index (Phi) is 5.97. The Balaban J connectivity index is 2.69. The van der Waals surface area contributed by atoms with E-state index in [0.29, 0.717) is 24.6 Å². The Morgan fingerprint density at radius 3 is 2.39 bits per heavy atom. The van der Waals surface area contributed by atoms with Crippen LogP contribution in [0.5, 0.6) is 0 Å². The van der Waals surface area contributed by atoms with Crippen LogP contribution in [-0.2, 0) is 10.8 Å². The number of aromatic nitrogens is 1. The third kappa shape index (κ3) is 4.21. The van der Waals surface area contributed by atoms with Crippen molar-refractivity contribution >= 4 is 22.4 Å². The smallest absolute Gasteiger partial charge is 0.168 e. The standard InChI is InChI=1S/C11H17F2N3OS/c1-3-14-10-8(12)7-9(13)11(16-10)15-5-6-18(17)4-2/h7H,3-6H2,1-2H3,(H2,14,15,16). The molecule has 0 aromatic carbocycles. The van der Waals surface area contributed by atoms with Crippen LogP contribution >= 0.6 is 0 Å². The van der Waals surface area contributed by atoms with Crippen LogP contribution in [0.4, 0.5) is 20.4 Å². The molecule has 0 aliphatic heterocycles. The van der Waals surface area contributed by atoms with Crippen molar-refractivity contribution in [2.45, 2.75) is 13.8 Å². The van der Waals surface area contributed by atoms with E-state index < -0.39 is 22.4 Å². The summed E-state index contributed by atoms with van der Waals surface area (Å²) in [5.74, 6) is -0.526. The molecule has 1 heterocycles. The highest BCUT2D eigenvalue weighted by Crippen LogP contribution is 2.18. The number of nitrogens with one attached hydrogen (secondary N) is 2. The normalized spacial score (nSPS) is 12.2. The lowest BCUT2D eigenvalue weighted by Crippen LogP contribution is -2.15. The second-order valence-corrected chi connectivity index (χ2v) is 5.40. The van der Waals surface area contributed by atoms with Crippen LogP contribution < -0.4 is 10.6 Å². The fourth-order valence-electron chi connectivity index (χ4n) is 1.31. The Bertz CT molecular complexity index is 429. The van der Waals surface area contributed by atoms with E-state index >= 15 is 0 Å². The molecule has 0 spiro atoms. The molecule has 1 atom stereocenters. The topological polar surface area (TPSA) is 54.0 Å². The highest BCUT2D eigenvalue weighted by molar-refractivity contribution is 7.84. The summed E-state index contributed by atoms with van der Waals surface area (Å²) < 4.78 is 37.9. The minimum absolute atomic E-state index is 0.0120. The van der Waals surface area contributed by atoms with Crippen LogP contribution in [0.3, 0.4) is 0 Å². The van der Waals surface area contributed by atoms with E-state index in [1.165, 1.54) is 0 Å². The summed E-state index contributed by atoms with van der Waals surface area (Å²) in [7, 11) is -0.923. The van der Waals surface area contributed by atoms with Gasteiger partial charge in [0.2, 0.25) is 0 Å². The van der Waals surface area contributed by atoms with E-state index in [0.717, 1.165) is 6.07 Å². The van der Waals surface area contributed by atoms with E-state index in [1.807, 2.05) is 6.92 Å². The van der Waals surface area contributed by atoms with Gasteiger partial charge in [0.05, 0.1) is 0 Å². The first-order valence-electron chi connectivity index (χ1n) is 5.77. The highest BCUT2D eigenvalue weighted by atomic mass is 32.2. The van der Waals surface area contributed by atoms with E-state index in [1.54, 1.807) is 6.92 Å². The second-order valence-electron chi connectivity index (χ2n) is 3.54. The lowest BCUT2D eigenvalue weighted by atomic mass is 10.4. The van der Waals surface area contributed by atoms with Crippen LogP contribution in [0.2, 0.25) is 0 Å². The van der Waals surface area contributed by atoms with Gasteiger partial charge in [-0.15, -0.1) is 0 Å². The maximum atomic E-state index is 13.4. The predicted octanol–water partition coefficient (Wildman–Crippen LogP) is 1.97. The van der Waals surface area contributed by atoms with Crippen molar-refractivity contribution in [3.63, 3.8) is 0 Å². The molecule has 2 N–H and O–H groups in total. The van der Waals surface area contributed by atoms with Gasteiger partial charge in [-0.2, -0.15) is 0 Å². The molecule has 4 nitrogen and oxygen atoms in total. The Labute approximate surface area is 108 Å². The lowest BCUT2D eigenvalue weighted by Gasteiger charge is -2.10. The van der Waals surface area contributed by atoms with Crippen molar-refractivity contribution in [1.29, 1.82) is 0 Å². The first kappa shape index (κ1) is 14.8. The second kappa shape index (κ2) is 7.25. The number of halogens is 2. The molecule has 0 radical (unpaired) electrons. The largest absolute Gasteiger partial charge is 0.368 e. The monoisotopic (exact) mass is 277 g/mol. The van der Waals surface area contributed by atoms with Crippen molar-refractivity contribution < 1.29 is 13.0 Å². The summed E-state index contributed by atoms with van der Waals surface area (Å²) in [5.41, 5.74) is 0. The lowest BCUT2D eigenvalue weighted by molar-refractivity contribution is 0.578. The van der Waals surface area contributed by atoms with Gasteiger partial charge >= 0.3 is 0 Å². The summed E-state index contributed by atoms with van der Waals surface area (Å²) in [5, 5.41) is 5.42. The molecular formula is C11H17F2N3OS. The first-order valence-corrected chi connectivity index (χ1v) is 7.26. The molecule has 0 saturated carbocycles. The van der Waals surface area contributed by atoms with E-state index in [2.05, 4.69) is 15.6 Å². The minimum atomic E-state index is -0.923. The molecule has 0 bridgehead atoms. The van der Waals surface area contributed by atoms with Crippen LogP contribution in [0, 0.1) is 11.6 Å². The Hall–Kier alpha value is -1.24. The molecule has 7 heteroatoms. The van der Waals surface area contributed by atoms with Crippen LogP contribution in [-0.4, -0.2) is 33.8 Å². The molecule has 0 aliphatic carbocycles. The number of pyridine rings is 1. The molecule has 0 fully saturated rings. The van der Waals surface area contributed by atoms with Crippen LogP contribution in [0.1, 0.15) is 13.8 Å². The molecule has 0 saturated heterocycles. The Morgan fingerprint density at radius 2 is 1.83 bits per heavy atom. The molecule has 102 valence electrons. The number of nitrogens with zero attached hydrogens (tertiary/aromatic N) is 1. The van der Waals surface area contributed by atoms with Gasteiger partial charge in [-0.3, -0.25) is 4.21 Å². The molecule has 0 aliphatic rings. The van der Waals surface area contributed by atoms with Gasteiger partial charge in [0, 0.05) is 41.5 Å². The van der Waals surface area contributed by atoms with Gasteiger partial charge < -0.3 is 10.6 Å². The number of hydrogen-bond donors (Lipinski definition) is 2. The fourth-order valence-corrected chi connectivity index (χ4v) is 1.93. The SMILES string of the molecule is CCNc1nc(NCCS(=O)CC)c(F)cc1F. The van der Waals surface area contributed by atoms with E-state index in [-0.39, 0.29) is 11.6 Å². The zero-order chi connectivity index (χ0) is 13.5. The number of rotatable bonds is 7. The van der Waals surface area contributed by atoms with Gasteiger partial charge in [0.1, 0.15) is 0 Å². The third-order valence-electron chi connectivity index (χ3n) is 2.22. The summed E-state index contributed by atoms with van der Waals surface area (Å²) in [6, 6.07) is 0.782. The average Bonchev–Trinajstić information content (AvgIpc) is 2.34. The maximum absolute atomic E-state index is 13.4. The average molecular weight is 277 g/mol. The van der Waals surface area contributed by atoms with Gasteiger partial charge in [0.15, 0.2) is 23.3 Å². The van der Waals surface area contributed by atoms with Gasteiger partial charge in [-0.25, -0.2) is 13.8 Å². The fraction of sp³-hybridized carbons (Fsp3) is 0.545. The zero-order valence-electron chi connectivity index (χ0n) is 10.4. The Morgan fingerprint density at radius 1 is 1.22 bits per heavy atom. The highest BCUT2D eigenvalue weighted by Gasteiger charge is 2.11. The molecule has 1 rings (SSSR count). The van der Waals surface area contributed by atoms with Crippen molar-refractivity contribution in [3.8, 4) is 0 Å². The quantitative estimate of drug-likeness (QED) is 0.800. The number of anilines is 2. The van der Waals surface area contributed by atoms with Crippen molar-refractivity contribution in [1.82, 2.24) is 4.98 Å². The minimum Gasteiger partial charge on any atom is -0.368 e. The van der Waals surface area contributed by atoms with Crippen molar-refractivity contribution in [3.05, 3.63) is 17.7 Å². The summed E-state index contributed by atoms with van der Waals surface area (Å²) in [6.45, 7) is 4.44. The first-order chi connectivity index (χ1) is 8.58.